The van der Waals surface area contributed by atoms with Crippen LogP contribution < -0.4 is 10.2 Å². The first-order valence-corrected chi connectivity index (χ1v) is 8.56. The number of cyclic esters (lactones) is 1. The average molecular weight is 361 g/mol. The third kappa shape index (κ3) is 4.73. The maximum Gasteiger partial charge on any atom is 0.414 e. The summed E-state index contributed by atoms with van der Waals surface area (Å²) in [6.45, 7) is 2.14. The Morgan fingerprint density at radius 1 is 1.19 bits per heavy atom. The van der Waals surface area contributed by atoms with E-state index in [-0.39, 0.29) is 12.0 Å². The van der Waals surface area contributed by atoms with Gasteiger partial charge in [0.25, 0.3) is 0 Å². The van der Waals surface area contributed by atoms with Gasteiger partial charge in [-0.3, -0.25) is 9.69 Å². The summed E-state index contributed by atoms with van der Waals surface area (Å²) < 4.78 is 5.27. The fourth-order valence-electron chi connectivity index (χ4n) is 2.72. The topological polar surface area (TPSA) is 82.4 Å². The van der Waals surface area contributed by atoms with Crippen molar-refractivity contribution in [3.05, 3.63) is 65.2 Å². The highest BCUT2D eigenvalue weighted by Crippen LogP contribution is 2.22. The quantitative estimate of drug-likeness (QED) is 0.829. The lowest BCUT2D eigenvalue weighted by Gasteiger charge is -2.13. The predicted molar refractivity (Wildman–Crippen MR) is 103 cm³/mol. The Hall–Kier alpha value is -3.59. The minimum atomic E-state index is -0.411. The van der Waals surface area contributed by atoms with Gasteiger partial charge in [0.2, 0.25) is 5.91 Å². The van der Waals surface area contributed by atoms with Gasteiger partial charge in [-0.2, -0.15) is 5.26 Å². The van der Waals surface area contributed by atoms with Crippen LogP contribution >= 0.6 is 0 Å². The van der Waals surface area contributed by atoms with E-state index in [0.717, 1.165) is 16.8 Å². The minimum absolute atomic E-state index is 0.150. The highest BCUT2D eigenvalue weighted by atomic mass is 16.6. The molecule has 27 heavy (non-hydrogen) atoms. The van der Waals surface area contributed by atoms with Crippen LogP contribution in [0.3, 0.4) is 0 Å². The maximum atomic E-state index is 12.0. The summed E-state index contributed by atoms with van der Waals surface area (Å²) in [4.78, 5) is 24.6. The summed E-state index contributed by atoms with van der Waals surface area (Å²) in [6, 6.07) is 17.0. The summed E-state index contributed by atoms with van der Waals surface area (Å²) >= 11 is 0. The van der Waals surface area contributed by atoms with Crippen LogP contribution in [0.15, 0.2) is 48.5 Å². The number of hydrogen-bond donors (Lipinski definition) is 1. The van der Waals surface area contributed by atoms with Gasteiger partial charge in [0.05, 0.1) is 24.7 Å². The standard InChI is InChI=1S/C21H19N3O3/c1-15(25)23-13-20-14-24(21(26)27-20)19-10-8-17(9-11-19)3-2-16-4-6-18(12-22)7-5-16/h2-11,20H,13-14H2,1H3,(H,23,25)/b3-2+/t20-/m0/s1. The second-order valence-electron chi connectivity index (χ2n) is 6.21. The van der Waals surface area contributed by atoms with Crippen LogP contribution in [-0.4, -0.2) is 31.2 Å². The van der Waals surface area contributed by atoms with Crippen molar-refractivity contribution in [3.63, 3.8) is 0 Å². The Balaban J connectivity index is 1.63. The molecule has 2 aromatic rings. The lowest BCUT2D eigenvalue weighted by molar-refractivity contribution is -0.119. The first kappa shape index (κ1) is 18.2. The average Bonchev–Trinajstić information content (AvgIpc) is 3.06. The molecular weight excluding hydrogens is 342 g/mol. The van der Waals surface area contributed by atoms with Gasteiger partial charge in [0, 0.05) is 12.6 Å². The number of hydrogen-bond acceptors (Lipinski definition) is 4. The van der Waals surface area contributed by atoms with Crippen LogP contribution in [0.5, 0.6) is 0 Å². The van der Waals surface area contributed by atoms with E-state index in [4.69, 9.17) is 10.00 Å². The number of carbonyl (C=O) groups is 2. The third-order valence-corrected chi connectivity index (χ3v) is 4.17. The van der Waals surface area contributed by atoms with Crippen LogP contribution in [-0.2, 0) is 9.53 Å². The molecule has 0 aliphatic carbocycles. The van der Waals surface area contributed by atoms with Crippen LogP contribution in [0, 0.1) is 11.3 Å². The molecule has 1 heterocycles. The number of nitrogens with zero attached hydrogens (tertiary/aromatic N) is 2. The monoisotopic (exact) mass is 361 g/mol. The van der Waals surface area contributed by atoms with Crippen molar-refractivity contribution >= 4 is 29.8 Å². The maximum absolute atomic E-state index is 12.0. The molecule has 1 fully saturated rings. The molecule has 1 N–H and O–H groups in total. The summed E-state index contributed by atoms with van der Waals surface area (Å²) in [7, 11) is 0. The smallest absolute Gasteiger partial charge is 0.414 e. The number of amides is 2. The normalized spacial score (nSPS) is 16.2. The Morgan fingerprint density at radius 2 is 1.78 bits per heavy atom. The van der Waals surface area contributed by atoms with Crippen molar-refractivity contribution in [2.75, 3.05) is 18.0 Å². The Labute approximate surface area is 157 Å². The number of rotatable bonds is 5. The first-order chi connectivity index (χ1) is 13.0. The molecule has 136 valence electrons. The predicted octanol–water partition coefficient (Wildman–Crippen LogP) is 3.19. The van der Waals surface area contributed by atoms with E-state index in [0.29, 0.717) is 18.7 Å². The Kier molecular flexibility index (Phi) is 5.53. The summed E-state index contributed by atoms with van der Waals surface area (Å²) in [5.74, 6) is -0.150. The number of nitriles is 1. The van der Waals surface area contributed by atoms with Crippen LogP contribution in [0.1, 0.15) is 23.6 Å². The summed E-state index contributed by atoms with van der Waals surface area (Å²) in [6.07, 6.45) is 3.17. The Bertz CT molecular complexity index is 896. The zero-order chi connectivity index (χ0) is 19.2. The molecule has 0 aromatic heterocycles. The molecule has 6 nitrogen and oxygen atoms in total. The molecular formula is C21H19N3O3. The molecule has 1 atom stereocenters. The van der Waals surface area contributed by atoms with Crippen molar-refractivity contribution in [2.45, 2.75) is 13.0 Å². The number of anilines is 1. The molecule has 0 radical (unpaired) electrons. The Morgan fingerprint density at radius 3 is 2.33 bits per heavy atom. The second-order valence-corrected chi connectivity index (χ2v) is 6.21. The second kappa shape index (κ2) is 8.19. The van der Waals surface area contributed by atoms with E-state index in [1.54, 1.807) is 17.0 Å². The van der Waals surface area contributed by atoms with Crippen molar-refractivity contribution < 1.29 is 14.3 Å². The molecule has 1 saturated heterocycles. The number of ether oxygens (including phenoxy) is 1. The van der Waals surface area contributed by atoms with E-state index in [9.17, 15) is 9.59 Å². The van der Waals surface area contributed by atoms with Crippen molar-refractivity contribution in [1.29, 1.82) is 5.26 Å². The zero-order valence-corrected chi connectivity index (χ0v) is 14.9. The lowest BCUT2D eigenvalue weighted by Crippen LogP contribution is -2.33. The molecule has 1 aliphatic heterocycles. The van der Waals surface area contributed by atoms with E-state index < -0.39 is 6.09 Å². The first-order valence-electron chi connectivity index (χ1n) is 8.56. The number of carbonyl (C=O) groups excluding carboxylic acids is 2. The van der Waals surface area contributed by atoms with Gasteiger partial charge in [0.15, 0.2) is 0 Å². The van der Waals surface area contributed by atoms with Crippen LogP contribution in [0.4, 0.5) is 10.5 Å². The molecule has 1 aliphatic rings. The van der Waals surface area contributed by atoms with Gasteiger partial charge in [-0.1, -0.05) is 36.4 Å². The minimum Gasteiger partial charge on any atom is -0.442 e. The molecule has 0 bridgehead atoms. The van der Waals surface area contributed by atoms with Gasteiger partial charge in [-0.05, 0) is 35.4 Å². The van der Waals surface area contributed by atoms with Gasteiger partial charge >= 0.3 is 6.09 Å². The molecule has 6 heteroatoms. The van der Waals surface area contributed by atoms with Crippen LogP contribution in [0.25, 0.3) is 12.2 Å². The number of nitrogens with one attached hydrogen (secondary N) is 1. The van der Waals surface area contributed by atoms with Crippen LogP contribution in [0.2, 0.25) is 0 Å². The van der Waals surface area contributed by atoms with Crippen molar-refractivity contribution in [3.8, 4) is 6.07 Å². The van der Waals surface area contributed by atoms with E-state index in [2.05, 4.69) is 11.4 Å². The van der Waals surface area contributed by atoms with Gasteiger partial charge in [-0.25, -0.2) is 4.79 Å². The molecule has 2 amide bonds. The van der Waals surface area contributed by atoms with E-state index in [1.165, 1.54) is 6.92 Å². The highest BCUT2D eigenvalue weighted by Gasteiger charge is 2.32. The van der Waals surface area contributed by atoms with Crippen molar-refractivity contribution in [2.24, 2.45) is 0 Å². The number of benzene rings is 2. The molecule has 2 aromatic carbocycles. The SMILES string of the molecule is CC(=O)NC[C@H]1CN(c2ccc(/C=C/c3ccc(C#N)cc3)cc2)C(=O)O1. The van der Waals surface area contributed by atoms with Gasteiger partial charge in [0.1, 0.15) is 6.10 Å². The molecule has 3 rings (SSSR count). The zero-order valence-electron chi connectivity index (χ0n) is 14.9. The third-order valence-electron chi connectivity index (χ3n) is 4.17. The lowest BCUT2D eigenvalue weighted by atomic mass is 10.1. The van der Waals surface area contributed by atoms with Gasteiger partial charge < -0.3 is 10.1 Å². The summed E-state index contributed by atoms with van der Waals surface area (Å²) in [5.41, 5.74) is 3.37. The largest absolute Gasteiger partial charge is 0.442 e. The van der Waals surface area contributed by atoms with E-state index >= 15 is 0 Å². The van der Waals surface area contributed by atoms with E-state index in [1.807, 2.05) is 48.6 Å². The van der Waals surface area contributed by atoms with Gasteiger partial charge in [-0.15, -0.1) is 0 Å². The fourth-order valence-corrected chi connectivity index (χ4v) is 2.72. The summed E-state index contributed by atoms with van der Waals surface area (Å²) in [5, 5.41) is 11.5. The van der Waals surface area contributed by atoms with Crippen molar-refractivity contribution in [1.82, 2.24) is 5.32 Å². The molecule has 0 spiro atoms. The molecule has 0 unspecified atom stereocenters. The highest BCUT2D eigenvalue weighted by molar-refractivity contribution is 5.90. The fraction of sp³-hybridized carbons (Fsp3) is 0.190. The molecule has 0 saturated carbocycles.